The highest BCUT2D eigenvalue weighted by Gasteiger charge is 2.24. The summed E-state index contributed by atoms with van der Waals surface area (Å²) in [6, 6.07) is 11.3. The highest BCUT2D eigenvalue weighted by atomic mass is 32.1. The van der Waals surface area contributed by atoms with E-state index in [1.807, 2.05) is 41.8 Å². The van der Waals surface area contributed by atoms with Gasteiger partial charge in [0, 0.05) is 17.3 Å². The van der Waals surface area contributed by atoms with Crippen molar-refractivity contribution in [3.8, 4) is 11.5 Å². The minimum Gasteiger partial charge on any atom is -0.486 e. The summed E-state index contributed by atoms with van der Waals surface area (Å²) in [7, 11) is 1.74. The van der Waals surface area contributed by atoms with Crippen LogP contribution in [0.25, 0.3) is 0 Å². The van der Waals surface area contributed by atoms with Gasteiger partial charge in [0.1, 0.15) is 6.61 Å². The van der Waals surface area contributed by atoms with Crippen LogP contribution in [0.4, 0.5) is 5.13 Å². The van der Waals surface area contributed by atoms with E-state index in [1.54, 1.807) is 28.7 Å². The topological polar surface area (TPSA) is 80.8 Å². The van der Waals surface area contributed by atoms with Crippen LogP contribution in [0, 0.1) is 0 Å². The van der Waals surface area contributed by atoms with Gasteiger partial charge < -0.3 is 19.7 Å². The van der Waals surface area contributed by atoms with Crippen LogP contribution in [-0.4, -0.2) is 48.0 Å². The van der Waals surface area contributed by atoms with Gasteiger partial charge in [0.25, 0.3) is 0 Å². The highest BCUT2D eigenvalue weighted by molar-refractivity contribution is 7.14. The molecular weight excluding hydrogens is 422 g/mol. The molecule has 9 heteroatoms. The molecule has 1 N–H and O–H groups in total. The van der Waals surface area contributed by atoms with E-state index < -0.39 is 0 Å². The fourth-order valence-electron chi connectivity index (χ4n) is 3.03. The van der Waals surface area contributed by atoms with Gasteiger partial charge >= 0.3 is 0 Å². The maximum atomic E-state index is 12.6. The molecule has 0 saturated heterocycles. The first-order valence-electron chi connectivity index (χ1n) is 9.46. The lowest BCUT2D eigenvalue weighted by Crippen LogP contribution is -2.42. The number of carbonyl (C=O) groups excluding carboxylic acids is 2. The number of carbonyl (C=O) groups is 2. The zero-order valence-corrected chi connectivity index (χ0v) is 18.0. The first kappa shape index (κ1) is 20.4. The normalized spacial score (nSPS) is 14.9. The molecule has 1 aliphatic heterocycles. The number of ether oxygens (including phenoxy) is 2. The summed E-state index contributed by atoms with van der Waals surface area (Å²) in [4.78, 5) is 31.7. The Kier molecular flexibility index (Phi) is 6.29. The van der Waals surface area contributed by atoms with Gasteiger partial charge in [0.15, 0.2) is 22.7 Å². The van der Waals surface area contributed by atoms with E-state index in [4.69, 9.17) is 9.47 Å². The number of benzene rings is 1. The standard InChI is InChI=1S/C21H21N3O4S2/c1-24(11-15-12-27-17-6-2-3-7-18(17)28-15)20(26)9-14-13-30-21(22-14)23-19(25)10-16-5-4-8-29-16/h2-8,13,15H,9-12H2,1H3,(H,22,23,25)/t15-/m0/s1. The van der Waals surface area contributed by atoms with E-state index in [-0.39, 0.29) is 24.3 Å². The lowest BCUT2D eigenvalue weighted by Gasteiger charge is -2.29. The summed E-state index contributed by atoms with van der Waals surface area (Å²) >= 11 is 2.86. The average molecular weight is 444 g/mol. The summed E-state index contributed by atoms with van der Waals surface area (Å²) < 4.78 is 11.6. The van der Waals surface area contributed by atoms with Crippen molar-refractivity contribution in [2.45, 2.75) is 18.9 Å². The van der Waals surface area contributed by atoms with Crippen LogP contribution in [0.15, 0.2) is 47.2 Å². The minimum absolute atomic E-state index is 0.0702. The monoisotopic (exact) mass is 443 g/mol. The zero-order chi connectivity index (χ0) is 20.9. The Balaban J connectivity index is 1.26. The quantitative estimate of drug-likeness (QED) is 0.606. The number of nitrogens with one attached hydrogen (secondary N) is 1. The predicted octanol–water partition coefficient (Wildman–Crippen LogP) is 3.23. The molecule has 0 fully saturated rings. The fraction of sp³-hybridized carbons (Fsp3) is 0.286. The smallest absolute Gasteiger partial charge is 0.231 e. The molecule has 3 aromatic rings. The van der Waals surface area contributed by atoms with E-state index in [0.29, 0.717) is 36.1 Å². The van der Waals surface area contributed by atoms with Gasteiger partial charge in [0.05, 0.1) is 25.1 Å². The number of aromatic nitrogens is 1. The predicted molar refractivity (Wildman–Crippen MR) is 116 cm³/mol. The van der Waals surface area contributed by atoms with Gasteiger partial charge in [-0.2, -0.15) is 0 Å². The number of para-hydroxylation sites is 2. The molecule has 0 bridgehead atoms. The molecule has 2 aromatic heterocycles. The molecule has 0 aliphatic carbocycles. The van der Waals surface area contributed by atoms with Gasteiger partial charge in [-0.3, -0.25) is 9.59 Å². The van der Waals surface area contributed by atoms with Gasteiger partial charge in [-0.05, 0) is 23.6 Å². The molecule has 4 rings (SSSR count). The molecule has 0 saturated carbocycles. The Morgan fingerprint density at radius 1 is 1.17 bits per heavy atom. The van der Waals surface area contributed by atoms with Crippen LogP contribution < -0.4 is 14.8 Å². The maximum absolute atomic E-state index is 12.6. The summed E-state index contributed by atoms with van der Waals surface area (Å²) in [6.07, 6.45) is 0.259. The second kappa shape index (κ2) is 9.27. The third-order valence-electron chi connectivity index (χ3n) is 4.52. The average Bonchev–Trinajstić information content (AvgIpc) is 3.40. The van der Waals surface area contributed by atoms with Crippen LogP contribution in [0.3, 0.4) is 0 Å². The van der Waals surface area contributed by atoms with E-state index >= 15 is 0 Å². The van der Waals surface area contributed by atoms with Crippen molar-refractivity contribution < 1.29 is 19.1 Å². The maximum Gasteiger partial charge on any atom is 0.231 e. The highest BCUT2D eigenvalue weighted by Crippen LogP contribution is 2.31. The number of likely N-dealkylation sites (N-methyl/N-ethyl adjacent to an activating group) is 1. The molecule has 0 spiro atoms. The Morgan fingerprint density at radius 2 is 2.00 bits per heavy atom. The summed E-state index contributed by atoms with van der Waals surface area (Å²) in [5.41, 5.74) is 0.634. The van der Waals surface area contributed by atoms with Gasteiger partial charge in [0.2, 0.25) is 11.8 Å². The third kappa shape index (κ3) is 5.17. The van der Waals surface area contributed by atoms with Crippen molar-refractivity contribution in [1.29, 1.82) is 0 Å². The third-order valence-corrected chi connectivity index (χ3v) is 6.20. The van der Waals surface area contributed by atoms with Gasteiger partial charge in [-0.15, -0.1) is 22.7 Å². The SMILES string of the molecule is CN(C[C@H]1COc2ccccc2O1)C(=O)Cc1csc(NC(=O)Cc2cccs2)n1. The van der Waals surface area contributed by atoms with E-state index in [9.17, 15) is 9.59 Å². The van der Waals surface area contributed by atoms with Crippen LogP contribution in [0.2, 0.25) is 0 Å². The van der Waals surface area contributed by atoms with Crippen molar-refractivity contribution >= 4 is 39.6 Å². The number of anilines is 1. The van der Waals surface area contributed by atoms with Gasteiger partial charge in [-0.1, -0.05) is 18.2 Å². The molecule has 1 aliphatic rings. The molecule has 1 atom stereocenters. The number of rotatable bonds is 7. The lowest BCUT2D eigenvalue weighted by atomic mass is 10.2. The summed E-state index contributed by atoms with van der Waals surface area (Å²) in [5.74, 6) is 1.23. The number of thiazole rings is 1. The summed E-state index contributed by atoms with van der Waals surface area (Å²) in [5, 5.41) is 7.03. The van der Waals surface area contributed by atoms with Crippen molar-refractivity contribution in [2.75, 3.05) is 25.5 Å². The van der Waals surface area contributed by atoms with Crippen LogP contribution >= 0.6 is 22.7 Å². The van der Waals surface area contributed by atoms with E-state index in [2.05, 4.69) is 10.3 Å². The lowest BCUT2D eigenvalue weighted by molar-refractivity contribution is -0.130. The van der Waals surface area contributed by atoms with Crippen LogP contribution in [0.5, 0.6) is 11.5 Å². The molecule has 156 valence electrons. The molecule has 2 amide bonds. The Morgan fingerprint density at radius 3 is 2.80 bits per heavy atom. The number of nitrogens with zero attached hydrogens (tertiary/aromatic N) is 2. The molecule has 3 heterocycles. The second-order valence-electron chi connectivity index (χ2n) is 6.90. The first-order chi connectivity index (χ1) is 14.6. The minimum atomic E-state index is -0.226. The van der Waals surface area contributed by atoms with Crippen molar-refractivity contribution in [1.82, 2.24) is 9.88 Å². The molecule has 1 aromatic carbocycles. The zero-order valence-electron chi connectivity index (χ0n) is 16.4. The Hall–Kier alpha value is -2.91. The van der Waals surface area contributed by atoms with Crippen molar-refractivity contribution in [3.05, 3.63) is 57.7 Å². The Labute approximate surface area is 182 Å². The molecule has 7 nitrogen and oxygen atoms in total. The molecule has 0 unspecified atom stereocenters. The number of thiophene rings is 1. The fourth-order valence-corrected chi connectivity index (χ4v) is 4.46. The molecular formula is C21H21N3O4S2. The molecule has 30 heavy (non-hydrogen) atoms. The number of fused-ring (bicyclic) bond motifs is 1. The largest absolute Gasteiger partial charge is 0.486 e. The number of amides is 2. The van der Waals surface area contributed by atoms with E-state index in [1.165, 1.54) is 11.3 Å². The van der Waals surface area contributed by atoms with E-state index in [0.717, 1.165) is 10.6 Å². The second-order valence-corrected chi connectivity index (χ2v) is 8.79. The first-order valence-corrected chi connectivity index (χ1v) is 11.2. The van der Waals surface area contributed by atoms with Crippen LogP contribution in [-0.2, 0) is 22.4 Å². The van der Waals surface area contributed by atoms with Crippen LogP contribution in [0.1, 0.15) is 10.6 Å². The summed E-state index contributed by atoms with van der Waals surface area (Å²) in [6.45, 7) is 0.813. The molecule has 0 radical (unpaired) electrons. The Bertz CT molecular complexity index is 1020. The number of hydrogen-bond acceptors (Lipinski definition) is 7. The van der Waals surface area contributed by atoms with Crippen molar-refractivity contribution in [2.24, 2.45) is 0 Å². The number of hydrogen-bond donors (Lipinski definition) is 1. The van der Waals surface area contributed by atoms with Crippen molar-refractivity contribution in [3.63, 3.8) is 0 Å². The van der Waals surface area contributed by atoms with Gasteiger partial charge in [-0.25, -0.2) is 4.98 Å².